The summed E-state index contributed by atoms with van der Waals surface area (Å²) in [6.45, 7) is 1.38. The number of nitrogens with zero attached hydrogens (tertiary/aromatic N) is 2. The van der Waals surface area contributed by atoms with Gasteiger partial charge in [0.1, 0.15) is 11.9 Å². The topological polar surface area (TPSA) is 77.3 Å². The summed E-state index contributed by atoms with van der Waals surface area (Å²) in [5.41, 5.74) is 0.489. The molecule has 92 valence electrons. The summed E-state index contributed by atoms with van der Waals surface area (Å²) >= 11 is 3.28. The van der Waals surface area contributed by atoms with E-state index in [1.807, 2.05) is 0 Å². The van der Waals surface area contributed by atoms with Crippen LogP contribution in [0.4, 0.5) is 11.4 Å². The molecular weight excluding hydrogens is 290 g/mol. The number of pyridine rings is 1. The Balaban J connectivity index is 2.21. The molecule has 0 aliphatic carbocycles. The summed E-state index contributed by atoms with van der Waals surface area (Å²) in [5, 5.41) is 14.1. The van der Waals surface area contributed by atoms with Crippen molar-refractivity contribution in [3.8, 4) is 0 Å². The number of anilines is 1. The van der Waals surface area contributed by atoms with Gasteiger partial charge in [-0.1, -0.05) is 0 Å². The first-order chi connectivity index (χ1) is 8.18. The molecule has 1 fully saturated rings. The monoisotopic (exact) mass is 301 g/mol. The third-order valence-corrected chi connectivity index (χ3v) is 3.25. The van der Waals surface area contributed by atoms with Crippen molar-refractivity contribution in [3.05, 3.63) is 27.0 Å². The van der Waals surface area contributed by atoms with Crippen molar-refractivity contribution >= 4 is 27.3 Å². The minimum Gasteiger partial charge on any atom is -0.381 e. The van der Waals surface area contributed by atoms with Crippen molar-refractivity contribution in [2.75, 3.05) is 18.5 Å². The van der Waals surface area contributed by atoms with Crippen LogP contribution in [0.5, 0.6) is 0 Å². The quantitative estimate of drug-likeness (QED) is 0.685. The second-order valence-corrected chi connectivity index (χ2v) is 4.66. The minimum absolute atomic E-state index is 0.00846. The lowest BCUT2D eigenvalue weighted by molar-refractivity contribution is -0.384. The Morgan fingerprint density at radius 2 is 2.18 bits per heavy atom. The maximum absolute atomic E-state index is 10.9. The summed E-state index contributed by atoms with van der Waals surface area (Å²) in [4.78, 5) is 14.3. The zero-order chi connectivity index (χ0) is 12.3. The standard InChI is InChI=1S/C10H12BrN3O3/c11-8-5-12-6-9(14(15)16)10(8)13-7-1-3-17-4-2-7/h5-7H,1-4H2,(H,12,13). The Morgan fingerprint density at radius 3 is 2.82 bits per heavy atom. The van der Waals surface area contributed by atoms with Crippen molar-refractivity contribution in [2.45, 2.75) is 18.9 Å². The molecule has 1 N–H and O–H groups in total. The van der Waals surface area contributed by atoms with Gasteiger partial charge in [0.2, 0.25) is 0 Å². The molecule has 0 atom stereocenters. The zero-order valence-electron chi connectivity index (χ0n) is 9.06. The summed E-state index contributed by atoms with van der Waals surface area (Å²) < 4.78 is 5.86. The van der Waals surface area contributed by atoms with Crippen LogP contribution in [-0.2, 0) is 4.74 Å². The van der Waals surface area contributed by atoms with Crippen LogP contribution < -0.4 is 5.32 Å². The fraction of sp³-hybridized carbons (Fsp3) is 0.500. The van der Waals surface area contributed by atoms with Crippen molar-refractivity contribution in [1.82, 2.24) is 4.98 Å². The molecule has 1 saturated heterocycles. The number of aromatic nitrogens is 1. The first-order valence-electron chi connectivity index (χ1n) is 5.30. The lowest BCUT2D eigenvalue weighted by atomic mass is 10.1. The number of nitro groups is 1. The van der Waals surface area contributed by atoms with E-state index in [4.69, 9.17) is 4.74 Å². The Labute approximate surface area is 107 Å². The molecule has 1 aromatic heterocycles. The molecule has 0 amide bonds. The van der Waals surface area contributed by atoms with Gasteiger partial charge >= 0.3 is 5.69 Å². The van der Waals surface area contributed by atoms with Gasteiger partial charge in [-0.3, -0.25) is 15.1 Å². The SMILES string of the molecule is O=[N+]([O-])c1cncc(Br)c1NC1CCOCC1. The Bertz CT molecular complexity index is 421. The van der Waals surface area contributed by atoms with Gasteiger partial charge in [0.25, 0.3) is 0 Å². The molecule has 17 heavy (non-hydrogen) atoms. The third-order valence-electron chi connectivity index (χ3n) is 2.65. The molecule has 2 rings (SSSR count). The summed E-state index contributed by atoms with van der Waals surface area (Å²) in [6.07, 6.45) is 4.51. The highest BCUT2D eigenvalue weighted by Crippen LogP contribution is 2.32. The fourth-order valence-corrected chi connectivity index (χ4v) is 2.19. The van der Waals surface area contributed by atoms with E-state index in [0.29, 0.717) is 23.4 Å². The largest absolute Gasteiger partial charge is 0.381 e. The van der Waals surface area contributed by atoms with Gasteiger partial charge in [-0.2, -0.15) is 0 Å². The van der Waals surface area contributed by atoms with Crippen molar-refractivity contribution in [1.29, 1.82) is 0 Å². The van der Waals surface area contributed by atoms with Crippen LogP contribution in [0.25, 0.3) is 0 Å². The van der Waals surface area contributed by atoms with Gasteiger partial charge in [-0.25, -0.2) is 0 Å². The number of hydrogen-bond acceptors (Lipinski definition) is 5. The molecule has 0 spiro atoms. The van der Waals surface area contributed by atoms with Crippen molar-refractivity contribution in [3.63, 3.8) is 0 Å². The average Bonchev–Trinajstić information content (AvgIpc) is 2.33. The molecule has 0 aromatic carbocycles. The van der Waals surface area contributed by atoms with Gasteiger partial charge in [0.15, 0.2) is 0 Å². The summed E-state index contributed by atoms with van der Waals surface area (Å²) in [7, 11) is 0. The maximum Gasteiger partial charge on any atom is 0.311 e. The molecule has 1 aliphatic rings. The van der Waals surface area contributed by atoms with Gasteiger partial charge in [-0.15, -0.1) is 0 Å². The van der Waals surface area contributed by atoms with Gasteiger partial charge in [-0.05, 0) is 28.8 Å². The molecule has 0 unspecified atom stereocenters. The number of nitrogens with one attached hydrogen (secondary N) is 1. The maximum atomic E-state index is 10.9. The summed E-state index contributed by atoms with van der Waals surface area (Å²) in [6, 6.07) is 0.209. The molecule has 1 aromatic rings. The smallest absolute Gasteiger partial charge is 0.311 e. The second kappa shape index (κ2) is 5.42. The number of halogens is 1. The predicted molar refractivity (Wildman–Crippen MR) is 66.1 cm³/mol. The molecule has 0 bridgehead atoms. The van der Waals surface area contributed by atoms with Gasteiger partial charge < -0.3 is 10.1 Å². The summed E-state index contributed by atoms with van der Waals surface area (Å²) in [5.74, 6) is 0. The number of ether oxygens (including phenoxy) is 1. The van der Waals surface area contributed by atoms with Crippen molar-refractivity contribution in [2.24, 2.45) is 0 Å². The Kier molecular flexibility index (Phi) is 3.90. The first-order valence-corrected chi connectivity index (χ1v) is 6.10. The van der Waals surface area contributed by atoms with Crippen LogP contribution in [0, 0.1) is 10.1 Å². The van der Waals surface area contributed by atoms with Gasteiger partial charge in [0.05, 0.1) is 9.40 Å². The molecule has 0 radical (unpaired) electrons. The lowest BCUT2D eigenvalue weighted by Crippen LogP contribution is -2.28. The molecular formula is C10H12BrN3O3. The van der Waals surface area contributed by atoms with E-state index in [1.54, 1.807) is 6.20 Å². The van der Waals surface area contributed by atoms with E-state index < -0.39 is 4.92 Å². The van der Waals surface area contributed by atoms with E-state index in [2.05, 4.69) is 26.2 Å². The van der Waals surface area contributed by atoms with Crippen LogP contribution in [0.3, 0.4) is 0 Å². The third kappa shape index (κ3) is 2.92. The van der Waals surface area contributed by atoms with E-state index in [0.717, 1.165) is 12.8 Å². The van der Waals surface area contributed by atoms with Crippen LogP contribution in [0.15, 0.2) is 16.9 Å². The van der Waals surface area contributed by atoms with E-state index >= 15 is 0 Å². The highest BCUT2D eigenvalue weighted by Gasteiger charge is 2.21. The van der Waals surface area contributed by atoms with Crippen LogP contribution in [-0.4, -0.2) is 29.2 Å². The average molecular weight is 302 g/mol. The van der Waals surface area contributed by atoms with Crippen LogP contribution >= 0.6 is 15.9 Å². The highest BCUT2D eigenvalue weighted by molar-refractivity contribution is 9.10. The number of hydrogen-bond donors (Lipinski definition) is 1. The van der Waals surface area contributed by atoms with Gasteiger partial charge in [0, 0.05) is 25.5 Å². The van der Waals surface area contributed by atoms with Crippen molar-refractivity contribution < 1.29 is 9.66 Å². The predicted octanol–water partition coefficient (Wildman–Crippen LogP) is 2.34. The molecule has 0 saturated carbocycles. The highest BCUT2D eigenvalue weighted by atomic mass is 79.9. The normalized spacial score (nSPS) is 16.8. The molecule has 7 heteroatoms. The second-order valence-electron chi connectivity index (χ2n) is 3.80. The number of rotatable bonds is 3. The van der Waals surface area contributed by atoms with Crippen LogP contribution in [0.1, 0.15) is 12.8 Å². The molecule has 6 nitrogen and oxygen atoms in total. The molecule has 1 aliphatic heterocycles. The van der Waals surface area contributed by atoms with Crippen LogP contribution in [0.2, 0.25) is 0 Å². The fourth-order valence-electron chi connectivity index (χ4n) is 1.75. The van der Waals surface area contributed by atoms with E-state index in [-0.39, 0.29) is 11.7 Å². The van der Waals surface area contributed by atoms with E-state index in [1.165, 1.54) is 6.20 Å². The Hall–Kier alpha value is -1.21. The lowest BCUT2D eigenvalue weighted by Gasteiger charge is -2.24. The molecule has 2 heterocycles. The zero-order valence-corrected chi connectivity index (χ0v) is 10.6. The first kappa shape index (κ1) is 12.3. The minimum atomic E-state index is -0.431. The Morgan fingerprint density at radius 1 is 1.47 bits per heavy atom. The van der Waals surface area contributed by atoms with E-state index in [9.17, 15) is 10.1 Å².